The van der Waals surface area contributed by atoms with Crippen LogP contribution < -0.4 is 15.0 Å². The van der Waals surface area contributed by atoms with E-state index in [9.17, 15) is 10.1 Å². The van der Waals surface area contributed by atoms with Crippen molar-refractivity contribution < 1.29 is 9.53 Å². The minimum atomic E-state index is -0.416. The van der Waals surface area contributed by atoms with Crippen LogP contribution in [0.1, 0.15) is 70.1 Å². The quantitative estimate of drug-likeness (QED) is 0.393. The van der Waals surface area contributed by atoms with Gasteiger partial charge in [0.25, 0.3) is 5.91 Å². The van der Waals surface area contributed by atoms with Gasteiger partial charge in [-0.2, -0.15) is 5.26 Å². The molecule has 1 amide bonds. The Hall–Kier alpha value is -3.26. The highest BCUT2D eigenvalue weighted by Gasteiger charge is 2.36. The van der Waals surface area contributed by atoms with Gasteiger partial charge in [0.1, 0.15) is 17.4 Å². The zero-order valence-corrected chi connectivity index (χ0v) is 20.7. The Morgan fingerprint density at radius 3 is 2.58 bits per heavy atom. The summed E-state index contributed by atoms with van der Waals surface area (Å²) >= 11 is 0. The van der Waals surface area contributed by atoms with Gasteiger partial charge in [-0.3, -0.25) is 4.79 Å². The molecule has 1 aliphatic heterocycles. The summed E-state index contributed by atoms with van der Waals surface area (Å²) in [6.45, 7) is 14.6. The number of rotatable bonds is 7. The number of amides is 1. The highest BCUT2D eigenvalue weighted by Crippen LogP contribution is 2.44. The molecule has 1 aliphatic rings. The first kappa shape index (κ1) is 24.4. The third-order valence-corrected chi connectivity index (χ3v) is 6.31. The van der Waals surface area contributed by atoms with E-state index in [1.165, 1.54) is 11.3 Å². The van der Waals surface area contributed by atoms with Gasteiger partial charge in [-0.25, -0.2) is 0 Å². The van der Waals surface area contributed by atoms with E-state index in [-0.39, 0.29) is 11.1 Å². The van der Waals surface area contributed by atoms with Gasteiger partial charge in [0.2, 0.25) is 0 Å². The molecule has 1 heterocycles. The molecule has 0 aromatic heterocycles. The van der Waals surface area contributed by atoms with Crippen molar-refractivity contribution in [3.63, 3.8) is 0 Å². The zero-order valence-electron chi connectivity index (χ0n) is 20.7. The van der Waals surface area contributed by atoms with Gasteiger partial charge in [-0.15, -0.1) is 0 Å². The maximum atomic E-state index is 12.8. The fourth-order valence-corrected chi connectivity index (χ4v) is 4.76. The highest BCUT2D eigenvalue weighted by molar-refractivity contribution is 6.09. The minimum absolute atomic E-state index is 0.0844. The molecule has 1 N–H and O–H groups in total. The fraction of sp³-hybridized carbons (Fsp3) is 0.429. The van der Waals surface area contributed by atoms with Crippen LogP contribution in [0.25, 0.3) is 6.08 Å². The number of nitrogens with zero attached hydrogens (tertiary/aromatic N) is 2. The van der Waals surface area contributed by atoms with E-state index in [2.05, 4.69) is 56.1 Å². The van der Waals surface area contributed by atoms with E-state index in [1.54, 1.807) is 30.3 Å². The lowest BCUT2D eigenvalue weighted by atomic mass is 9.78. The zero-order chi connectivity index (χ0) is 24.2. The number of carbonyl (C=O) groups excluding carboxylic acids is 1. The number of nitriles is 1. The molecule has 0 fully saturated rings. The molecule has 1 atom stereocenters. The van der Waals surface area contributed by atoms with Crippen molar-refractivity contribution in [2.75, 3.05) is 23.4 Å². The largest absolute Gasteiger partial charge is 0.494 e. The first-order chi connectivity index (χ1) is 15.7. The number of nitrogens with one attached hydrogen (secondary N) is 1. The number of hydrogen-bond acceptors (Lipinski definition) is 4. The summed E-state index contributed by atoms with van der Waals surface area (Å²) in [7, 11) is 0. The molecule has 33 heavy (non-hydrogen) atoms. The van der Waals surface area contributed by atoms with Crippen LogP contribution in [0, 0.1) is 18.3 Å². The fourth-order valence-electron chi connectivity index (χ4n) is 4.76. The Balaban J connectivity index is 1.90. The summed E-state index contributed by atoms with van der Waals surface area (Å²) in [4.78, 5) is 15.3. The van der Waals surface area contributed by atoms with E-state index >= 15 is 0 Å². The lowest BCUT2D eigenvalue weighted by molar-refractivity contribution is -0.112. The lowest BCUT2D eigenvalue weighted by Gasteiger charge is -2.48. The summed E-state index contributed by atoms with van der Waals surface area (Å²) in [6.07, 6.45) is 3.86. The Morgan fingerprint density at radius 2 is 1.97 bits per heavy atom. The van der Waals surface area contributed by atoms with Crippen molar-refractivity contribution in [3.05, 3.63) is 58.7 Å². The van der Waals surface area contributed by atoms with Crippen molar-refractivity contribution in [2.24, 2.45) is 0 Å². The van der Waals surface area contributed by atoms with Crippen LogP contribution in [0.2, 0.25) is 0 Å². The first-order valence-electron chi connectivity index (χ1n) is 11.8. The second-order valence-electron chi connectivity index (χ2n) is 9.42. The average molecular weight is 446 g/mol. The second kappa shape index (κ2) is 10.1. The van der Waals surface area contributed by atoms with Crippen LogP contribution in [0.3, 0.4) is 0 Å². The number of anilines is 2. The Labute approximate surface area is 198 Å². The molecule has 3 rings (SSSR count). The molecule has 0 saturated carbocycles. The van der Waals surface area contributed by atoms with Crippen LogP contribution in [0.4, 0.5) is 11.4 Å². The van der Waals surface area contributed by atoms with Crippen LogP contribution >= 0.6 is 0 Å². The standard InChI is InChI=1S/C28H35N3O2/c1-7-13-31-26-14-19(3)21(16-25(26)20(4)17-28(31,5)6)15-22(18-29)27(32)30-23-9-11-24(12-10-23)33-8-2/h9-12,14-16,20H,7-8,13,17H2,1-6H3,(H,30,32)/b22-15+. The molecule has 0 bridgehead atoms. The topological polar surface area (TPSA) is 65.4 Å². The molecule has 0 spiro atoms. The van der Waals surface area contributed by atoms with E-state index in [1.807, 2.05) is 13.8 Å². The van der Waals surface area contributed by atoms with Gasteiger partial charge in [0.15, 0.2) is 0 Å². The maximum absolute atomic E-state index is 12.8. The normalized spacial score (nSPS) is 17.2. The van der Waals surface area contributed by atoms with E-state index in [0.29, 0.717) is 18.2 Å². The van der Waals surface area contributed by atoms with Crippen LogP contribution in [-0.2, 0) is 4.79 Å². The van der Waals surface area contributed by atoms with Gasteiger partial charge < -0.3 is 15.0 Å². The summed E-state index contributed by atoms with van der Waals surface area (Å²) in [5.41, 5.74) is 5.33. The first-order valence-corrected chi connectivity index (χ1v) is 11.8. The molecule has 174 valence electrons. The summed E-state index contributed by atoms with van der Waals surface area (Å²) in [5.74, 6) is 0.727. The average Bonchev–Trinajstić information content (AvgIpc) is 2.76. The van der Waals surface area contributed by atoms with Crippen LogP contribution in [0.15, 0.2) is 42.0 Å². The minimum Gasteiger partial charge on any atom is -0.494 e. The number of hydrogen-bond donors (Lipinski definition) is 1. The number of benzene rings is 2. The SMILES string of the molecule is CCCN1c2cc(C)c(/C=C(\C#N)C(=O)Nc3ccc(OCC)cc3)cc2C(C)CC1(C)C. The van der Waals surface area contributed by atoms with Gasteiger partial charge in [0, 0.05) is 23.5 Å². The number of carbonyl (C=O) groups is 1. The molecule has 0 radical (unpaired) electrons. The predicted octanol–water partition coefficient (Wildman–Crippen LogP) is 6.44. The molecule has 2 aromatic carbocycles. The predicted molar refractivity (Wildman–Crippen MR) is 136 cm³/mol. The van der Waals surface area contributed by atoms with Gasteiger partial charge in [-0.05, 0) is 106 Å². The smallest absolute Gasteiger partial charge is 0.266 e. The Morgan fingerprint density at radius 1 is 1.27 bits per heavy atom. The molecule has 5 heteroatoms. The van der Waals surface area contributed by atoms with E-state index < -0.39 is 5.91 Å². The molecule has 2 aromatic rings. The van der Waals surface area contributed by atoms with Gasteiger partial charge in [0.05, 0.1) is 6.61 Å². The molecule has 0 saturated heterocycles. The number of aryl methyl sites for hydroxylation is 1. The van der Waals surface area contributed by atoms with Crippen molar-refractivity contribution in [1.82, 2.24) is 0 Å². The van der Waals surface area contributed by atoms with Crippen molar-refractivity contribution in [1.29, 1.82) is 5.26 Å². The molecule has 0 aliphatic carbocycles. The number of ether oxygens (including phenoxy) is 1. The van der Waals surface area contributed by atoms with E-state index in [4.69, 9.17) is 4.74 Å². The van der Waals surface area contributed by atoms with E-state index in [0.717, 1.165) is 36.3 Å². The summed E-state index contributed by atoms with van der Waals surface area (Å²) < 4.78 is 5.44. The highest BCUT2D eigenvalue weighted by atomic mass is 16.5. The van der Waals surface area contributed by atoms with Crippen LogP contribution in [-0.4, -0.2) is 24.6 Å². The molecular weight excluding hydrogens is 410 g/mol. The number of fused-ring (bicyclic) bond motifs is 1. The summed E-state index contributed by atoms with van der Waals surface area (Å²) in [6, 6.07) is 13.6. The third-order valence-electron chi connectivity index (χ3n) is 6.31. The molecule has 5 nitrogen and oxygen atoms in total. The maximum Gasteiger partial charge on any atom is 0.266 e. The van der Waals surface area contributed by atoms with Crippen molar-refractivity contribution >= 4 is 23.4 Å². The lowest BCUT2D eigenvalue weighted by Crippen LogP contribution is -2.48. The molecule has 1 unspecified atom stereocenters. The Bertz CT molecular complexity index is 1080. The van der Waals surface area contributed by atoms with Crippen LogP contribution in [0.5, 0.6) is 5.75 Å². The van der Waals surface area contributed by atoms with Gasteiger partial charge in [-0.1, -0.05) is 13.8 Å². The van der Waals surface area contributed by atoms with Crippen molar-refractivity contribution in [2.45, 2.75) is 65.8 Å². The monoisotopic (exact) mass is 445 g/mol. The summed E-state index contributed by atoms with van der Waals surface area (Å²) in [5, 5.41) is 12.5. The second-order valence-corrected chi connectivity index (χ2v) is 9.42. The van der Waals surface area contributed by atoms with Gasteiger partial charge >= 0.3 is 0 Å². The Kier molecular flexibility index (Phi) is 7.48. The third kappa shape index (κ3) is 5.39. The molecular formula is C28H35N3O2. The van der Waals surface area contributed by atoms with Crippen molar-refractivity contribution in [3.8, 4) is 11.8 Å².